The van der Waals surface area contributed by atoms with Crippen molar-refractivity contribution in [2.24, 2.45) is 7.05 Å². The van der Waals surface area contributed by atoms with E-state index in [9.17, 15) is 9.50 Å². The Morgan fingerprint density at radius 1 is 1.27 bits per heavy atom. The first-order valence-electron chi connectivity index (χ1n) is 7.54. The lowest BCUT2D eigenvalue weighted by Crippen LogP contribution is -2.27. The monoisotopic (exact) mass is 305 g/mol. The van der Waals surface area contributed by atoms with Crippen LogP contribution in [0.5, 0.6) is 0 Å². The fourth-order valence-corrected chi connectivity index (χ4v) is 2.59. The van der Waals surface area contributed by atoms with Gasteiger partial charge in [0.15, 0.2) is 0 Å². The molecule has 0 aliphatic heterocycles. The van der Waals surface area contributed by atoms with E-state index < -0.39 is 6.10 Å². The molecule has 0 saturated heterocycles. The Balaban J connectivity index is 1.90. The third-order valence-electron chi connectivity index (χ3n) is 4.12. The quantitative estimate of drug-likeness (QED) is 0.863. The van der Waals surface area contributed by atoms with E-state index in [1.807, 2.05) is 25.6 Å². The van der Waals surface area contributed by atoms with Crippen LogP contribution < -0.4 is 5.32 Å². The molecule has 2 rings (SSSR count). The Hall–Kier alpha value is -1.72. The molecule has 2 atom stereocenters. The maximum atomic E-state index is 12.9. The first kappa shape index (κ1) is 16.6. The van der Waals surface area contributed by atoms with E-state index in [0.29, 0.717) is 6.42 Å². The van der Waals surface area contributed by atoms with Crippen LogP contribution in [0.2, 0.25) is 0 Å². The summed E-state index contributed by atoms with van der Waals surface area (Å²) < 4.78 is 14.8. The fourth-order valence-electron chi connectivity index (χ4n) is 2.59. The zero-order valence-electron chi connectivity index (χ0n) is 13.6. The van der Waals surface area contributed by atoms with Crippen LogP contribution >= 0.6 is 0 Å². The molecule has 2 unspecified atom stereocenters. The number of benzene rings is 1. The molecule has 2 N–H and O–H groups in total. The van der Waals surface area contributed by atoms with E-state index in [2.05, 4.69) is 17.3 Å². The highest BCUT2D eigenvalue weighted by molar-refractivity contribution is 5.24. The predicted molar refractivity (Wildman–Crippen MR) is 85.0 cm³/mol. The zero-order chi connectivity index (χ0) is 16.3. The van der Waals surface area contributed by atoms with E-state index in [1.54, 1.807) is 12.1 Å². The molecule has 0 aliphatic rings. The van der Waals surface area contributed by atoms with Gasteiger partial charge in [-0.2, -0.15) is 5.10 Å². The van der Waals surface area contributed by atoms with Crippen LogP contribution in [0.1, 0.15) is 42.0 Å². The molecule has 0 amide bonds. The molecule has 4 nitrogen and oxygen atoms in total. The topological polar surface area (TPSA) is 50.1 Å². The van der Waals surface area contributed by atoms with Crippen LogP contribution in [-0.2, 0) is 13.6 Å². The summed E-state index contributed by atoms with van der Waals surface area (Å²) in [6.07, 6.45) is -0.0246. The Kier molecular flexibility index (Phi) is 5.32. The number of hydrogen-bond donors (Lipinski definition) is 2. The summed E-state index contributed by atoms with van der Waals surface area (Å²) in [5.74, 6) is -0.287. The van der Waals surface area contributed by atoms with Gasteiger partial charge in [-0.25, -0.2) is 4.39 Å². The van der Waals surface area contributed by atoms with Crippen molar-refractivity contribution in [3.8, 4) is 0 Å². The fraction of sp³-hybridized carbons (Fsp3) is 0.471. The van der Waals surface area contributed by atoms with Gasteiger partial charge < -0.3 is 10.4 Å². The molecule has 22 heavy (non-hydrogen) atoms. The first-order valence-corrected chi connectivity index (χ1v) is 7.54. The van der Waals surface area contributed by atoms with Gasteiger partial charge in [0, 0.05) is 30.9 Å². The third kappa shape index (κ3) is 3.93. The maximum absolute atomic E-state index is 12.9. The van der Waals surface area contributed by atoms with Crippen molar-refractivity contribution >= 4 is 0 Å². The van der Waals surface area contributed by atoms with Crippen molar-refractivity contribution in [3.05, 3.63) is 52.6 Å². The second-order valence-electron chi connectivity index (χ2n) is 5.86. The minimum absolute atomic E-state index is 0.138. The van der Waals surface area contributed by atoms with E-state index >= 15 is 0 Å². The molecular formula is C17H24FN3O. The average molecular weight is 305 g/mol. The van der Waals surface area contributed by atoms with E-state index in [-0.39, 0.29) is 11.9 Å². The molecule has 0 radical (unpaired) electrons. The summed E-state index contributed by atoms with van der Waals surface area (Å²) in [6, 6.07) is 6.14. The summed E-state index contributed by atoms with van der Waals surface area (Å²) in [5.41, 5.74) is 4.12. The second kappa shape index (κ2) is 7.03. The lowest BCUT2D eigenvalue weighted by atomic mass is 10.0. The average Bonchev–Trinajstić information content (AvgIpc) is 2.70. The standard InChI is InChI=1S/C17H24FN3O/c1-11(9-17(22)14-5-7-15(18)8-6-14)19-10-16-12(2)20-21(4)13(16)3/h5-8,11,17,19,22H,9-10H2,1-4H3. The normalized spacial score (nSPS) is 14.1. The minimum Gasteiger partial charge on any atom is -0.388 e. The number of halogens is 1. The van der Waals surface area contributed by atoms with Gasteiger partial charge in [0.2, 0.25) is 0 Å². The number of nitrogens with zero attached hydrogens (tertiary/aromatic N) is 2. The van der Waals surface area contributed by atoms with Gasteiger partial charge in [-0.05, 0) is 44.9 Å². The number of nitrogens with one attached hydrogen (secondary N) is 1. The Morgan fingerprint density at radius 3 is 2.45 bits per heavy atom. The van der Waals surface area contributed by atoms with Crippen LogP contribution in [0.25, 0.3) is 0 Å². The first-order chi connectivity index (χ1) is 10.4. The van der Waals surface area contributed by atoms with Crippen LogP contribution in [0.4, 0.5) is 4.39 Å². The molecule has 5 heteroatoms. The van der Waals surface area contributed by atoms with Gasteiger partial charge in [-0.15, -0.1) is 0 Å². The van der Waals surface area contributed by atoms with E-state index in [0.717, 1.165) is 23.5 Å². The van der Waals surface area contributed by atoms with Crippen molar-refractivity contribution in [1.82, 2.24) is 15.1 Å². The molecule has 0 fully saturated rings. The van der Waals surface area contributed by atoms with Gasteiger partial charge in [-0.1, -0.05) is 12.1 Å². The number of aryl methyl sites for hydroxylation is 2. The largest absolute Gasteiger partial charge is 0.388 e. The molecule has 2 aromatic rings. The van der Waals surface area contributed by atoms with Gasteiger partial charge in [0.05, 0.1) is 11.8 Å². The van der Waals surface area contributed by atoms with Crippen molar-refractivity contribution < 1.29 is 9.50 Å². The summed E-state index contributed by atoms with van der Waals surface area (Å²) in [4.78, 5) is 0. The Labute approximate surface area is 131 Å². The SMILES string of the molecule is Cc1nn(C)c(C)c1CNC(C)CC(O)c1ccc(F)cc1. The number of aliphatic hydroxyl groups excluding tert-OH is 1. The summed E-state index contributed by atoms with van der Waals surface area (Å²) in [7, 11) is 1.94. The summed E-state index contributed by atoms with van der Waals surface area (Å²) >= 11 is 0. The lowest BCUT2D eigenvalue weighted by Gasteiger charge is -2.18. The molecule has 1 heterocycles. The Bertz CT molecular complexity index is 622. The van der Waals surface area contributed by atoms with Crippen LogP contribution in [0.15, 0.2) is 24.3 Å². The van der Waals surface area contributed by atoms with Gasteiger partial charge in [0.1, 0.15) is 5.82 Å². The van der Waals surface area contributed by atoms with Crippen LogP contribution in [0, 0.1) is 19.7 Å². The van der Waals surface area contributed by atoms with Gasteiger partial charge in [-0.3, -0.25) is 4.68 Å². The number of rotatable bonds is 6. The third-order valence-corrected chi connectivity index (χ3v) is 4.12. The predicted octanol–water partition coefficient (Wildman–Crippen LogP) is 2.78. The molecule has 0 spiro atoms. The van der Waals surface area contributed by atoms with Crippen molar-refractivity contribution in [2.45, 2.75) is 45.9 Å². The van der Waals surface area contributed by atoms with Crippen molar-refractivity contribution in [2.75, 3.05) is 0 Å². The molecule has 0 aliphatic carbocycles. The number of aliphatic hydroxyl groups is 1. The van der Waals surface area contributed by atoms with E-state index in [1.165, 1.54) is 17.7 Å². The molecule has 1 aromatic carbocycles. The second-order valence-corrected chi connectivity index (χ2v) is 5.86. The van der Waals surface area contributed by atoms with E-state index in [4.69, 9.17) is 0 Å². The number of aromatic nitrogens is 2. The lowest BCUT2D eigenvalue weighted by molar-refractivity contribution is 0.153. The molecule has 0 saturated carbocycles. The highest BCUT2D eigenvalue weighted by Crippen LogP contribution is 2.19. The smallest absolute Gasteiger partial charge is 0.123 e. The van der Waals surface area contributed by atoms with Crippen LogP contribution in [-0.4, -0.2) is 20.9 Å². The highest BCUT2D eigenvalue weighted by Gasteiger charge is 2.14. The summed E-state index contributed by atoms with van der Waals surface area (Å²) in [5, 5.41) is 18.0. The van der Waals surface area contributed by atoms with Gasteiger partial charge in [0.25, 0.3) is 0 Å². The minimum atomic E-state index is -0.598. The summed E-state index contributed by atoms with van der Waals surface area (Å²) in [6.45, 7) is 6.81. The van der Waals surface area contributed by atoms with Crippen molar-refractivity contribution in [1.29, 1.82) is 0 Å². The molecule has 120 valence electrons. The van der Waals surface area contributed by atoms with Gasteiger partial charge >= 0.3 is 0 Å². The zero-order valence-corrected chi connectivity index (χ0v) is 13.6. The highest BCUT2D eigenvalue weighted by atomic mass is 19.1. The van der Waals surface area contributed by atoms with Crippen molar-refractivity contribution in [3.63, 3.8) is 0 Å². The molecule has 0 bridgehead atoms. The van der Waals surface area contributed by atoms with Crippen LogP contribution in [0.3, 0.4) is 0 Å². The maximum Gasteiger partial charge on any atom is 0.123 e. The molecule has 1 aromatic heterocycles. The Morgan fingerprint density at radius 2 is 1.91 bits per heavy atom. The molecular weight excluding hydrogens is 281 g/mol. The number of hydrogen-bond acceptors (Lipinski definition) is 3.